The maximum Gasteiger partial charge on any atom is 0.228 e. The van der Waals surface area contributed by atoms with Crippen molar-refractivity contribution in [3.63, 3.8) is 0 Å². The number of carbonyl (C=O) groups excluding carboxylic acids is 1. The monoisotopic (exact) mass is 394 g/mol. The molecule has 0 spiro atoms. The Kier molecular flexibility index (Phi) is 13.1. The minimum atomic E-state index is -0.213. The number of amides is 1. The third-order valence-corrected chi connectivity index (χ3v) is 7.04. The van der Waals surface area contributed by atoms with Crippen molar-refractivity contribution < 1.29 is 4.79 Å². The Morgan fingerprint density at radius 2 is 1.29 bits per heavy atom. The van der Waals surface area contributed by atoms with E-state index in [1.807, 2.05) is 4.90 Å². The van der Waals surface area contributed by atoms with Gasteiger partial charge in [-0.25, -0.2) is 0 Å². The van der Waals surface area contributed by atoms with Crippen LogP contribution in [-0.2, 0) is 4.79 Å². The topological polar surface area (TPSA) is 23.6 Å². The van der Waals surface area contributed by atoms with Crippen molar-refractivity contribution >= 4 is 5.91 Å². The summed E-state index contributed by atoms with van der Waals surface area (Å²) in [6.07, 6.45) is 16.4. The van der Waals surface area contributed by atoms with Crippen LogP contribution in [0, 0.1) is 11.3 Å². The first-order valence-electron chi connectivity index (χ1n) is 12.5. The fraction of sp³-hybridized carbons (Fsp3) is 0.960. The van der Waals surface area contributed by atoms with Gasteiger partial charge in [-0.05, 0) is 58.7 Å². The molecule has 0 unspecified atom stereocenters. The van der Waals surface area contributed by atoms with Gasteiger partial charge in [-0.2, -0.15) is 0 Å². The quantitative estimate of drug-likeness (QED) is 0.295. The fourth-order valence-corrected chi connectivity index (χ4v) is 4.79. The van der Waals surface area contributed by atoms with E-state index in [1.165, 1.54) is 96.7 Å². The number of piperidine rings is 1. The van der Waals surface area contributed by atoms with Gasteiger partial charge in [-0.1, -0.05) is 78.6 Å². The Labute approximate surface area is 176 Å². The largest absolute Gasteiger partial charge is 0.343 e. The zero-order valence-electron chi connectivity index (χ0n) is 19.9. The Hall–Kier alpha value is -0.570. The summed E-state index contributed by atoms with van der Waals surface area (Å²) in [5.74, 6) is 0.884. The molecule has 1 amide bonds. The van der Waals surface area contributed by atoms with Crippen LogP contribution in [0.2, 0.25) is 0 Å². The second-order valence-electron chi connectivity index (χ2n) is 9.50. The van der Waals surface area contributed by atoms with E-state index in [1.54, 1.807) is 0 Å². The molecule has 0 atom stereocenters. The summed E-state index contributed by atoms with van der Waals surface area (Å²) in [5.41, 5.74) is -0.213. The third-order valence-electron chi connectivity index (χ3n) is 7.04. The first kappa shape index (κ1) is 25.5. The molecule has 1 aliphatic heterocycles. The van der Waals surface area contributed by atoms with Crippen LogP contribution in [0.5, 0.6) is 0 Å². The van der Waals surface area contributed by atoms with Gasteiger partial charge in [0, 0.05) is 18.5 Å². The first-order valence-corrected chi connectivity index (χ1v) is 12.5. The summed E-state index contributed by atoms with van der Waals surface area (Å²) in [7, 11) is 0. The average molecular weight is 395 g/mol. The van der Waals surface area contributed by atoms with E-state index in [4.69, 9.17) is 0 Å². The van der Waals surface area contributed by atoms with Crippen LogP contribution in [0.4, 0.5) is 0 Å². The van der Waals surface area contributed by atoms with Crippen LogP contribution >= 0.6 is 0 Å². The molecule has 1 aliphatic rings. The van der Waals surface area contributed by atoms with Gasteiger partial charge in [0.25, 0.3) is 0 Å². The number of nitrogens with zero attached hydrogens (tertiary/aromatic N) is 2. The lowest BCUT2D eigenvalue weighted by Gasteiger charge is -2.41. The second kappa shape index (κ2) is 14.4. The average Bonchev–Trinajstić information content (AvgIpc) is 2.70. The van der Waals surface area contributed by atoms with Crippen molar-refractivity contribution in [3.05, 3.63) is 0 Å². The lowest BCUT2D eigenvalue weighted by molar-refractivity contribution is -0.144. The van der Waals surface area contributed by atoms with E-state index < -0.39 is 0 Å². The molecule has 0 aliphatic carbocycles. The molecule has 0 bridgehead atoms. The molecule has 1 fully saturated rings. The number of unbranched alkanes of at least 4 members (excludes halogenated alkanes) is 9. The second-order valence-corrected chi connectivity index (χ2v) is 9.50. The molecule has 1 heterocycles. The van der Waals surface area contributed by atoms with Gasteiger partial charge >= 0.3 is 0 Å². The van der Waals surface area contributed by atoms with Crippen molar-refractivity contribution in [2.24, 2.45) is 11.3 Å². The van der Waals surface area contributed by atoms with Crippen molar-refractivity contribution in [2.45, 2.75) is 112 Å². The predicted molar refractivity (Wildman–Crippen MR) is 123 cm³/mol. The summed E-state index contributed by atoms with van der Waals surface area (Å²) < 4.78 is 0. The molecule has 0 N–H and O–H groups in total. The number of hydrogen-bond donors (Lipinski definition) is 0. The lowest BCUT2D eigenvalue weighted by Crippen LogP contribution is -2.48. The molecule has 28 heavy (non-hydrogen) atoms. The Morgan fingerprint density at radius 1 is 0.821 bits per heavy atom. The van der Waals surface area contributed by atoms with Crippen molar-refractivity contribution in [3.8, 4) is 0 Å². The molecule has 1 saturated heterocycles. The standard InChI is InChI=1S/C25H50N2O/c1-6-9-10-11-12-13-14-15-16-17-20-26-21-18-23(19-22-26)25(4,5)24(28)27(7-2)8-3/h23H,6-22H2,1-5H3. The summed E-state index contributed by atoms with van der Waals surface area (Å²) in [5, 5.41) is 0. The van der Waals surface area contributed by atoms with Crippen molar-refractivity contribution in [1.29, 1.82) is 0 Å². The van der Waals surface area contributed by atoms with Crippen LogP contribution in [0.1, 0.15) is 112 Å². The predicted octanol–water partition coefficient (Wildman–Crippen LogP) is 6.51. The normalized spacial score (nSPS) is 16.5. The Bertz CT molecular complexity index is 395. The van der Waals surface area contributed by atoms with E-state index in [-0.39, 0.29) is 5.41 Å². The molecule has 3 heteroatoms. The van der Waals surface area contributed by atoms with Crippen molar-refractivity contribution in [2.75, 3.05) is 32.7 Å². The SMILES string of the molecule is CCCCCCCCCCCCN1CCC(C(C)(C)C(=O)N(CC)CC)CC1. The lowest BCUT2D eigenvalue weighted by atomic mass is 9.72. The zero-order chi connectivity index (χ0) is 20.8. The highest BCUT2D eigenvalue weighted by atomic mass is 16.2. The van der Waals surface area contributed by atoms with Gasteiger partial charge in [-0.3, -0.25) is 4.79 Å². The molecule has 166 valence electrons. The molecule has 0 aromatic carbocycles. The summed E-state index contributed by atoms with van der Waals surface area (Å²) in [4.78, 5) is 17.5. The van der Waals surface area contributed by atoms with Crippen LogP contribution < -0.4 is 0 Å². The van der Waals surface area contributed by atoms with Crippen LogP contribution in [0.25, 0.3) is 0 Å². The molecular weight excluding hydrogens is 344 g/mol. The number of likely N-dealkylation sites (tertiary alicyclic amines) is 1. The van der Waals surface area contributed by atoms with E-state index in [0.717, 1.165) is 13.1 Å². The van der Waals surface area contributed by atoms with Gasteiger partial charge < -0.3 is 9.80 Å². The Balaban J connectivity index is 2.14. The summed E-state index contributed by atoms with van der Waals surface area (Å²) >= 11 is 0. The smallest absolute Gasteiger partial charge is 0.228 e. The maximum absolute atomic E-state index is 12.9. The number of carbonyl (C=O) groups is 1. The highest BCUT2D eigenvalue weighted by Crippen LogP contribution is 2.36. The summed E-state index contributed by atoms with van der Waals surface area (Å²) in [6, 6.07) is 0. The van der Waals surface area contributed by atoms with E-state index >= 15 is 0 Å². The molecule has 0 saturated carbocycles. The van der Waals surface area contributed by atoms with Crippen LogP contribution in [0.3, 0.4) is 0 Å². The van der Waals surface area contributed by atoms with Gasteiger partial charge in [-0.15, -0.1) is 0 Å². The minimum Gasteiger partial charge on any atom is -0.343 e. The number of hydrogen-bond acceptors (Lipinski definition) is 2. The Morgan fingerprint density at radius 3 is 1.75 bits per heavy atom. The van der Waals surface area contributed by atoms with Gasteiger partial charge in [0.1, 0.15) is 0 Å². The van der Waals surface area contributed by atoms with E-state index in [9.17, 15) is 4.79 Å². The van der Waals surface area contributed by atoms with E-state index in [2.05, 4.69) is 39.5 Å². The maximum atomic E-state index is 12.9. The van der Waals surface area contributed by atoms with E-state index in [0.29, 0.717) is 11.8 Å². The van der Waals surface area contributed by atoms with Crippen LogP contribution in [0.15, 0.2) is 0 Å². The molecule has 3 nitrogen and oxygen atoms in total. The van der Waals surface area contributed by atoms with Gasteiger partial charge in [0.2, 0.25) is 5.91 Å². The van der Waals surface area contributed by atoms with Gasteiger partial charge in [0.05, 0.1) is 0 Å². The zero-order valence-corrected chi connectivity index (χ0v) is 19.9. The third kappa shape index (κ3) is 8.84. The summed E-state index contributed by atoms with van der Waals surface area (Å²) in [6.45, 7) is 16.1. The highest BCUT2D eigenvalue weighted by Gasteiger charge is 2.40. The van der Waals surface area contributed by atoms with Gasteiger partial charge in [0.15, 0.2) is 0 Å². The molecule has 1 rings (SSSR count). The number of rotatable bonds is 15. The molecule has 0 radical (unpaired) electrons. The molecule has 0 aromatic rings. The van der Waals surface area contributed by atoms with Crippen LogP contribution in [-0.4, -0.2) is 48.4 Å². The molecule has 0 aromatic heterocycles. The minimum absolute atomic E-state index is 0.213. The first-order chi connectivity index (χ1) is 13.5. The highest BCUT2D eigenvalue weighted by molar-refractivity contribution is 5.82. The molecular formula is C25H50N2O. The fourth-order valence-electron chi connectivity index (χ4n) is 4.79. The van der Waals surface area contributed by atoms with Crippen molar-refractivity contribution in [1.82, 2.24) is 9.80 Å².